The summed E-state index contributed by atoms with van der Waals surface area (Å²) in [5.74, 6) is 1.59. The number of hydrogen-bond donors (Lipinski definition) is 1. The molecule has 3 saturated carbocycles. The second-order valence-electron chi connectivity index (χ2n) is 8.07. The third-order valence-electron chi connectivity index (χ3n) is 6.48. The van der Waals surface area contributed by atoms with E-state index in [2.05, 4.69) is 31.2 Å². The molecule has 1 aromatic heterocycles. The molecule has 0 unspecified atom stereocenters. The smallest absolute Gasteiger partial charge is 0.327 e. The summed E-state index contributed by atoms with van der Waals surface area (Å²) < 4.78 is 6.10. The lowest BCUT2D eigenvalue weighted by atomic mass is 9.45. The van der Waals surface area contributed by atoms with Gasteiger partial charge in [-0.15, -0.1) is 11.8 Å². The third kappa shape index (κ3) is 3.26. The van der Waals surface area contributed by atoms with Crippen LogP contribution in [0.4, 0.5) is 5.69 Å². The zero-order valence-electron chi connectivity index (χ0n) is 16.2. The van der Waals surface area contributed by atoms with Crippen LogP contribution >= 0.6 is 11.8 Å². The van der Waals surface area contributed by atoms with Crippen LogP contribution in [0.2, 0.25) is 0 Å². The van der Waals surface area contributed by atoms with E-state index >= 15 is 0 Å². The van der Waals surface area contributed by atoms with Crippen LogP contribution in [-0.4, -0.2) is 34.7 Å². The first-order valence-corrected chi connectivity index (χ1v) is 10.6. The van der Waals surface area contributed by atoms with E-state index in [0.29, 0.717) is 28.9 Å². The van der Waals surface area contributed by atoms with Gasteiger partial charge in [0.2, 0.25) is 0 Å². The Morgan fingerprint density at radius 3 is 2.77 bits per heavy atom. The molecule has 0 saturated heterocycles. The van der Waals surface area contributed by atoms with Gasteiger partial charge in [0.15, 0.2) is 0 Å². The molecule has 2 bridgehead atoms. The van der Waals surface area contributed by atoms with Gasteiger partial charge in [0.25, 0.3) is 5.56 Å². The maximum atomic E-state index is 12.7. The standard InChI is InChI=1S/C19H29N3O3S/c1-6-25-16(23)10-22-18(24)17(26-5)15(9-20-22)21-14-8-12-7-13(11(14)2)19(12,3)4/h9,11-14,21H,6-8,10H2,1-5H3/t11-,12-,13+,14-/m1/s1. The largest absolute Gasteiger partial charge is 0.465 e. The topological polar surface area (TPSA) is 73.2 Å². The van der Waals surface area contributed by atoms with E-state index in [0.717, 1.165) is 23.9 Å². The Kier molecular flexibility index (Phi) is 5.37. The summed E-state index contributed by atoms with van der Waals surface area (Å²) in [5.41, 5.74) is 0.962. The molecule has 0 spiro atoms. The quantitative estimate of drug-likeness (QED) is 0.605. The third-order valence-corrected chi connectivity index (χ3v) is 7.29. The molecule has 0 amide bonds. The Hall–Kier alpha value is -1.50. The van der Waals surface area contributed by atoms with Crippen molar-refractivity contribution >= 4 is 23.4 Å². The SMILES string of the molecule is CCOC(=O)Cn1ncc(N[C@@H]2C[C@H]3C[C@@H]([C@H]2C)C3(C)C)c(SC)c1=O. The van der Waals surface area contributed by atoms with Gasteiger partial charge in [0, 0.05) is 6.04 Å². The molecule has 0 radical (unpaired) electrons. The van der Waals surface area contributed by atoms with Crippen molar-refractivity contribution < 1.29 is 9.53 Å². The minimum Gasteiger partial charge on any atom is -0.465 e. The molecular weight excluding hydrogens is 350 g/mol. The Morgan fingerprint density at radius 1 is 1.46 bits per heavy atom. The molecule has 1 N–H and O–H groups in total. The number of thioether (sulfide) groups is 1. The van der Waals surface area contributed by atoms with E-state index in [-0.39, 0.29) is 12.1 Å². The molecule has 3 aliphatic rings. The fourth-order valence-corrected chi connectivity index (χ4v) is 5.36. The Balaban J connectivity index is 1.78. The van der Waals surface area contributed by atoms with Crippen molar-refractivity contribution in [3.8, 4) is 0 Å². The molecular formula is C19H29N3O3S. The van der Waals surface area contributed by atoms with Gasteiger partial charge in [-0.25, -0.2) is 4.68 Å². The van der Waals surface area contributed by atoms with Gasteiger partial charge in [0.05, 0.1) is 23.4 Å². The number of hydrogen-bond acceptors (Lipinski definition) is 6. The normalized spacial score (nSPS) is 29.0. The van der Waals surface area contributed by atoms with Gasteiger partial charge in [-0.1, -0.05) is 20.8 Å². The van der Waals surface area contributed by atoms with Crippen LogP contribution in [0.3, 0.4) is 0 Å². The highest BCUT2D eigenvalue weighted by molar-refractivity contribution is 7.98. The molecule has 3 aliphatic carbocycles. The monoisotopic (exact) mass is 379 g/mol. The first-order valence-electron chi connectivity index (χ1n) is 9.35. The molecule has 1 heterocycles. The number of aromatic nitrogens is 2. The number of rotatable bonds is 6. The number of carbonyl (C=O) groups excluding carboxylic acids is 1. The molecule has 144 valence electrons. The minimum absolute atomic E-state index is 0.154. The van der Waals surface area contributed by atoms with Crippen molar-refractivity contribution in [1.29, 1.82) is 0 Å². The van der Waals surface area contributed by atoms with E-state index in [9.17, 15) is 9.59 Å². The molecule has 0 aromatic carbocycles. The van der Waals surface area contributed by atoms with Gasteiger partial charge >= 0.3 is 5.97 Å². The average Bonchev–Trinajstić information content (AvgIpc) is 2.59. The van der Waals surface area contributed by atoms with E-state index in [1.807, 2.05) is 6.26 Å². The maximum Gasteiger partial charge on any atom is 0.327 e. The molecule has 4 rings (SSSR count). The number of carbonyl (C=O) groups is 1. The zero-order valence-corrected chi connectivity index (χ0v) is 17.1. The maximum absolute atomic E-state index is 12.7. The van der Waals surface area contributed by atoms with Crippen LogP contribution in [0, 0.1) is 23.2 Å². The Bertz CT molecular complexity index is 746. The van der Waals surface area contributed by atoms with Crippen molar-refractivity contribution in [3.05, 3.63) is 16.6 Å². The number of nitrogens with one attached hydrogen (secondary N) is 1. The first kappa shape index (κ1) is 19.3. The molecule has 26 heavy (non-hydrogen) atoms. The van der Waals surface area contributed by atoms with Crippen molar-refractivity contribution in [2.75, 3.05) is 18.2 Å². The van der Waals surface area contributed by atoms with Gasteiger partial charge < -0.3 is 10.1 Å². The lowest BCUT2D eigenvalue weighted by molar-refractivity contribution is -0.144. The van der Waals surface area contributed by atoms with Crippen LogP contribution in [0.1, 0.15) is 40.5 Å². The van der Waals surface area contributed by atoms with Crippen molar-refractivity contribution in [2.24, 2.45) is 23.2 Å². The molecule has 4 atom stereocenters. The highest BCUT2D eigenvalue weighted by Crippen LogP contribution is 2.61. The number of esters is 1. The predicted molar refractivity (Wildman–Crippen MR) is 103 cm³/mol. The number of fused-ring (bicyclic) bond motifs is 2. The van der Waals surface area contributed by atoms with Crippen LogP contribution in [0.5, 0.6) is 0 Å². The first-order chi connectivity index (χ1) is 12.3. The average molecular weight is 380 g/mol. The van der Waals surface area contributed by atoms with Crippen LogP contribution < -0.4 is 10.9 Å². The van der Waals surface area contributed by atoms with E-state index < -0.39 is 5.97 Å². The Morgan fingerprint density at radius 2 is 2.19 bits per heavy atom. The second kappa shape index (κ2) is 7.25. The summed E-state index contributed by atoms with van der Waals surface area (Å²) in [6.07, 6.45) is 6.00. The number of nitrogens with zero attached hydrogens (tertiary/aromatic N) is 2. The van der Waals surface area contributed by atoms with Crippen LogP contribution in [-0.2, 0) is 16.1 Å². The molecule has 0 aliphatic heterocycles. The lowest BCUT2D eigenvalue weighted by Crippen LogP contribution is -2.58. The molecule has 6 nitrogen and oxygen atoms in total. The number of anilines is 1. The van der Waals surface area contributed by atoms with Gasteiger partial charge in [0.1, 0.15) is 6.54 Å². The molecule has 1 aromatic rings. The molecule has 7 heteroatoms. The van der Waals surface area contributed by atoms with Gasteiger partial charge in [-0.3, -0.25) is 9.59 Å². The van der Waals surface area contributed by atoms with Crippen molar-refractivity contribution in [2.45, 2.75) is 58.0 Å². The van der Waals surface area contributed by atoms with E-state index in [4.69, 9.17) is 4.74 Å². The zero-order chi connectivity index (χ0) is 19.1. The Labute approximate surface area is 159 Å². The van der Waals surface area contributed by atoms with E-state index in [1.165, 1.54) is 22.9 Å². The van der Waals surface area contributed by atoms with Gasteiger partial charge in [-0.2, -0.15) is 5.10 Å². The lowest BCUT2D eigenvalue weighted by Gasteiger charge is -2.62. The minimum atomic E-state index is -0.446. The summed E-state index contributed by atoms with van der Waals surface area (Å²) in [5, 5.41) is 7.77. The highest BCUT2D eigenvalue weighted by atomic mass is 32.2. The fourth-order valence-electron chi connectivity index (χ4n) is 4.75. The summed E-state index contributed by atoms with van der Waals surface area (Å²) in [7, 11) is 0. The fraction of sp³-hybridized carbons (Fsp3) is 0.737. The molecule has 3 fully saturated rings. The highest BCUT2D eigenvalue weighted by Gasteiger charge is 2.56. The predicted octanol–water partition coefficient (Wildman–Crippen LogP) is 3.01. The van der Waals surface area contributed by atoms with Gasteiger partial charge in [-0.05, 0) is 49.2 Å². The second-order valence-corrected chi connectivity index (χ2v) is 8.88. The number of ether oxygens (including phenoxy) is 1. The summed E-state index contributed by atoms with van der Waals surface area (Å²) >= 11 is 1.39. The summed E-state index contributed by atoms with van der Waals surface area (Å²) in [6.45, 7) is 8.95. The van der Waals surface area contributed by atoms with Crippen LogP contribution in [0.15, 0.2) is 15.9 Å². The summed E-state index contributed by atoms with van der Waals surface area (Å²) in [4.78, 5) is 25.0. The van der Waals surface area contributed by atoms with Crippen molar-refractivity contribution in [3.63, 3.8) is 0 Å². The van der Waals surface area contributed by atoms with Crippen molar-refractivity contribution in [1.82, 2.24) is 9.78 Å². The van der Waals surface area contributed by atoms with Crippen LogP contribution in [0.25, 0.3) is 0 Å². The van der Waals surface area contributed by atoms with E-state index in [1.54, 1.807) is 13.1 Å². The summed E-state index contributed by atoms with van der Waals surface area (Å²) in [6, 6.07) is 0.361.